The van der Waals surface area contributed by atoms with Crippen LogP contribution in [-0.4, -0.2) is 6.04 Å². The SMILES string of the molecule is CCC(CCC1CCCC1)NN. The Morgan fingerprint density at radius 1 is 1.42 bits per heavy atom. The molecule has 0 aromatic rings. The fraction of sp³-hybridized carbons (Fsp3) is 1.00. The molecular formula is C10H22N2. The molecule has 3 N–H and O–H groups in total. The van der Waals surface area contributed by atoms with Crippen molar-refractivity contribution in [3.05, 3.63) is 0 Å². The van der Waals surface area contributed by atoms with E-state index in [-0.39, 0.29) is 0 Å². The van der Waals surface area contributed by atoms with E-state index < -0.39 is 0 Å². The second kappa shape index (κ2) is 5.55. The van der Waals surface area contributed by atoms with Gasteiger partial charge in [0.25, 0.3) is 0 Å². The van der Waals surface area contributed by atoms with Crippen molar-refractivity contribution in [3.63, 3.8) is 0 Å². The molecule has 0 saturated heterocycles. The van der Waals surface area contributed by atoms with Gasteiger partial charge in [-0.05, 0) is 25.2 Å². The van der Waals surface area contributed by atoms with Gasteiger partial charge in [-0.15, -0.1) is 0 Å². The molecule has 1 atom stereocenters. The first kappa shape index (κ1) is 10.0. The van der Waals surface area contributed by atoms with Gasteiger partial charge in [-0.1, -0.05) is 32.6 Å². The van der Waals surface area contributed by atoms with Crippen LogP contribution in [0.1, 0.15) is 51.9 Å². The van der Waals surface area contributed by atoms with Gasteiger partial charge >= 0.3 is 0 Å². The van der Waals surface area contributed by atoms with Crippen LogP contribution in [0.4, 0.5) is 0 Å². The van der Waals surface area contributed by atoms with Gasteiger partial charge in [0.15, 0.2) is 0 Å². The molecular weight excluding hydrogens is 148 g/mol. The quantitative estimate of drug-likeness (QED) is 0.490. The highest BCUT2D eigenvalue weighted by atomic mass is 15.2. The highest BCUT2D eigenvalue weighted by molar-refractivity contribution is 4.70. The molecule has 1 saturated carbocycles. The Labute approximate surface area is 75.9 Å². The first-order valence-corrected chi connectivity index (χ1v) is 5.33. The minimum atomic E-state index is 0.547. The number of nitrogens with two attached hydrogens (primary N) is 1. The monoisotopic (exact) mass is 170 g/mol. The molecule has 1 fully saturated rings. The van der Waals surface area contributed by atoms with Crippen molar-refractivity contribution in [3.8, 4) is 0 Å². The van der Waals surface area contributed by atoms with Gasteiger partial charge in [0.2, 0.25) is 0 Å². The Morgan fingerprint density at radius 2 is 2.08 bits per heavy atom. The number of hydrogen-bond acceptors (Lipinski definition) is 2. The average molecular weight is 170 g/mol. The molecule has 1 unspecified atom stereocenters. The highest BCUT2D eigenvalue weighted by Crippen LogP contribution is 2.29. The molecule has 72 valence electrons. The smallest absolute Gasteiger partial charge is 0.0208 e. The fourth-order valence-electron chi connectivity index (χ4n) is 2.14. The molecule has 0 radical (unpaired) electrons. The van der Waals surface area contributed by atoms with Crippen LogP contribution in [0.5, 0.6) is 0 Å². The second-order valence-corrected chi connectivity index (χ2v) is 4.00. The topological polar surface area (TPSA) is 38.0 Å². The summed E-state index contributed by atoms with van der Waals surface area (Å²) in [6.45, 7) is 2.19. The number of hydrazine groups is 1. The average Bonchev–Trinajstić information content (AvgIpc) is 2.59. The van der Waals surface area contributed by atoms with Gasteiger partial charge in [-0.3, -0.25) is 11.3 Å². The zero-order valence-corrected chi connectivity index (χ0v) is 8.18. The predicted octanol–water partition coefficient (Wildman–Crippen LogP) is 2.20. The van der Waals surface area contributed by atoms with Gasteiger partial charge in [0, 0.05) is 6.04 Å². The maximum Gasteiger partial charge on any atom is 0.0208 e. The maximum absolute atomic E-state index is 5.42. The first-order valence-electron chi connectivity index (χ1n) is 5.33. The van der Waals surface area contributed by atoms with E-state index in [1.54, 1.807) is 0 Å². The molecule has 0 aromatic carbocycles. The summed E-state index contributed by atoms with van der Waals surface area (Å²) in [5, 5.41) is 0. The molecule has 1 rings (SSSR count). The molecule has 0 aliphatic heterocycles. The molecule has 0 bridgehead atoms. The summed E-state index contributed by atoms with van der Waals surface area (Å²) in [5.74, 6) is 6.42. The summed E-state index contributed by atoms with van der Waals surface area (Å²) in [7, 11) is 0. The van der Waals surface area contributed by atoms with Crippen molar-refractivity contribution in [2.45, 2.75) is 57.9 Å². The lowest BCUT2D eigenvalue weighted by molar-refractivity contribution is 0.402. The van der Waals surface area contributed by atoms with E-state index in [1.807, 2.05) is 0 Å². The number of hydrogen-bond donors (Lipinski definition) is 2. The largest absolute Gasteiger partial charge is 0.271 e. The lowest BCUT2D eigenvalue weighted by atomic mass is 9.98. The predicted molar refractivity (Wildman–Crippen MR) is 52.6 cm³/mol. The standard InChI is InChI=1S/C10H22N2/c1-2-10(12-11)8-7-9-5-3-4-6-9/h9-10,12H,2-8,11H2,1H3. The lowest BCUT2D eigenvalue weighted by Crippen LogP contribution is -2.34. The molecule has 12 heavy (non-hydrogen) atoms. The zero-order valence-electron chi connectivity index (χ0n) is 8.18. The third-order valence-electron chi connectivity index (χ3n) is 3.13. The van der Waals surface area contributed by atoms with E-state index in [1.165, 1.54) is 38.5 Å². The van der Waals surface area contributed by atoms with Crippen molar-refractivity contribution >= 4 is 0 Å². The van der Waals surface area contributed by atoms with E-state index in [2.05, 4.69) is 12.3 Å². The summed E-state index contributed by atoms with van der Waals surface area (Å²) >= 11 is 0. The van der Waals surface area contributed by atoms with E-state index in [0.29, 0.717) is 6.04 Å². The van der Waals surface area contributed by atoms with Crippen LogP contribution in [0.2, 0.25) is 0 Å². The number of rotatable bonds is 5. The van der Waals surface area contributed by atoms with E-state index in [9.17, 15) is 0 Å². The van der Waals surface area contributed by atoms with Crippen LogP contribution in [0.3, 0.4) is 0 Å². The van der Waals surface area contributed by atoms with Crippen molar-refractivity contribution in [1.29, 1.82) is 0 Å². The van der Waals surface area contributed by atoms with Gasteiger partial charge < -0.3 is 0 Å². The Morgan fingerprint density at radius 3 is 2.58 bits per heavy atom. The molecule has 2 nitrogen and oxygen atoms in total. The minimum Gasteiger partial charge on any atom is -0.271 e. The third kappa shape index (κ3) is 3.11. The van der Waals surface area contributed by atoms with Crippen LogP contribution < -0.4 is 11.3 Å². The third-order valence-corrected chi connectivity index (χ3v) is 3.13. The van der Waals surface area contributed by atoms with Crippen molar-refractivity contribution in [2.24, 2.45) is 11.8 Å². The van der Waals surface area contributed by atoms with E-state index >= 15 is 0 Å². The van der Waals surface area contributed by atoms with Crippen LogP contribution in [0.25, 0.3) is 0 Å². The Kier molecular flexibility index (Phi) is 4.62. The van der Waals surface area contributed by atoms with E-state index in [4.69, 9.17) is 5.84 Å². The maximum atomic E-state index is 5.42. The first-order chi connectivity index (χ1) is 5.86. The summed E-state index contributed by atoms with van der Waals surface area (Å²) < 4.78 is 0. The van der Waals surface area contributed by atoms with Crippen molar-refractivity contribution in [1.82, 2.24) is 5.43 Å². The second-order valence-electron chi connectivity index (χ2n) is 4.00. The zero-order chi connectivity index (χ0) is 8.81. The summed E-state index contributed by atoms with van der Waals surface area (Å²) in [4.78, 5) is 0. The van der Waals surface area contributed by atoms with Gasteiger partial charge in [-0.2, -0.15) is 0 Å². The molecule has 0 heterocycles. The Hall–Kier alpha value is -0.0800. The summed E-state index contributed by atoms with van der Waals surface area (Å²) in [5.41, 5.74) is 2.88. The summed E-state index contributed by atoms with van der Waals surface area (Å²) in [6.07, 6.45) is 9.63. The number of nitrogens with one attached hydrogen (secondary N) is 1. The van der Waals surface area contributed by atoms with Crippen molar-refractivity contribution < 1.29 is 0 Å². The molecule has 0 spiro atoms. The molecule has 0 aromatic heterocycles. The Balaban J connectivity index is 2.06. The molecule has 1 aliphatic carbocycles. The fourth-order valence-corrected chi connectivity index (χ4v) is 2.14. The van der Waals surface area contributed by atoms with Crippen LogP contribution in [0.15, 0.2) is 0 Å². The van der Waals surface area contributed by atoms with Crippen LogP contribution in [0, 0.1) is 5.92 Å². The van der Waals surface area contributed by atoms with Gasteiger partial charge in [0.1, 0.15) is 0 Å². The minimum absolute atomic E-state index is 0.547. The molecule has 2 heteroatoms. The normalized spacial score (nSPS) is 21.5. The van der Waals surface area contributed by atoms with E-state index in [0.717, 1.165) is 12.3 Å². The van der Waals surface area contributed by atoms with Crippen molar-refractivity contribution in [2.75, 3.05) is 0 Å². The molecule has 1 aliphatic rings. The lowest BCUT2D eigenvalue weighted by Gasteiger charge is -2.15. The van der Waals surface area contributed by atoms with Crippen LogP contribution >= 0.6 is 0 Å². The van der Waals surface area contributed by atoms with Gasteiger partial charge in [0.05, 0.1) is 0 Å². The highest BCUT2D eigenvalue weighted by Gasteiger charge is 2.15. The summed E-state index contributed by atoms with van der Waals surface area (Å²) in [6, 6.07) is 0.547. The Bertz CT molecular complexity index is 102. The van der Waals surface area contributed by atoms with Gasteiger partial charge in [-0.25, -0.2) is 0 Å². The van der Waals surface area contributed by atoms with Crippen LogP contribution in [-0.2, 0) is 0 Å². The molecule has 0 amide bonds.